The van der Waals surface area contributed by atoms with Gasteiger partial charge in [-0.2, -0.15) is 5.21 Å². The third kappa shape index (κ3) is 3.49. The lowest BCUT2D eigenvalue weighted by atomic mass is 10.1. The SMILES string of the molecule is COc1ccc(Cc2cc(C(=O)C=C(O)c3nn[nH]n3)co2)cc1. The van der Waals surface area contributed by atoms with Gasteiger partial charge in [-0.15, -0.1) is 10.2 Å². The Morgan fingerprint density at radius 3 is 2.83 bits per heavy atom. The van der Waals surface area contributed by atoms with Crippen LogP contribution in [0.5, 0.6) is 5.75 Å². The summed E-state index contributed by atoms with van der Waals surface area (Å²) in [5, 5.41) is 22.4. The number of ketones is 1. The Morgan fingerprint density at radius 2 is 2.17 bits per heavy atom. The van der Waals surface area contributed by atoms with Crippen molar-refractivity contribution >= 4 is 11.5 Å². The summed E-state index contributed by atoms with van der Waals surface area (Å²) in [7, 11) is 1.61. The maximum atomic E-state index is 12.1. The van der Waals surface area contributed by atoms with Crippen LogP contribution in [0.4, 0.5) is 0 Å². The molecule has 0 aliphatic heterocycles. The number of aliphatic hydroxyl groups is 1. The molecule has 2 heterocycles. The van der Waals surface area contributed by atoms with E-state index in [-0.39, 0.29) is 11.6 Å². The summed E-state index contributed by atoms with van der Waals surface area (Å²) in [5.74, 6) is 0.575. The molecule has 0 unspecified atom stereocenters. The Morgan fingerprint density at radius 1 is 1.38 bits per heavy atom. The molecule has 0 fully saturated rings. The molecule has 0 spiro atoms. The number of ether oxygens (including phenoxy) is 1. The molecular weight excluding hydrogens is 312 g/mol. The Labute approximate surface area is 136 Å². The number of rotatable bonds is 6. The molecule has 0 saturated carbocycles. The van der Waals surface area contributed by atoms with E-state index in [0.29, 0.717) is 17.7 Å². The fourth-order valence-corrected chi connectivity index (χ4v) is 2.09. The molecule has 2 aromatic heterocycles. The van der Waals surface area contributed by atoms with E-state index in [1.54, 1.807) is 13.2 Å². The first-order chi connectivity index (χ1) is 11.7. The number of hydrogen-bond acceptors (Lipinski definition) is 7. The molecule has 0 radical (unpaired) electrons. The molecule has 0 saturated heterocycles. The molecule has 8 nitrogen and oxygen atoms in total. The summed E-state index contributed by atoms with van der Waals surface area (Å²) in [5.41, 5.74) is 1.35. The van der Waals surface area contributed by atoms with Crippen molar-refractivity contribution in [3.05, 3.63) is 65.4 Å². The first-order valence-electron chi connectivity index (χ1n) is 7.05. The van der Waals surface area contributed by atoms with Gasteiger partial charge >= 0.3 is 0 Å². The van der Waals surface area contributed by atoms with Crippen LogP contribution in [0.2, 0.25) is 0 Å². The number of nitrogens with zero attached hydrogens (tertiary/aromatic N) is 3. The molecule has 0 aliphatic carbocycles. The Hall–Kier alpha value is -3.42. The minimum Gasteiger partial charge on any atom is -0.504 e. The van der Waals surface area contributed by atoms with Crippen LogP contribution in [0.1, 0.15) is 27.5 Å². The van der Waals surface area contributed by atoms with Gasteiger partial charge in [0.2, 0.25) is 5.82 Å². The second kappa shape index (κ2) is 6.78. The van der Waals surface area contributed by atoms with E-state index < -0.39 is 5.78 Å². The number of aliphatic hydroxyl groups excluding tert-OH is 1. The van der Waals surface area contributed by atoms with Crippen LogP contribution < -0.4 is 4.74 Å². The standard InChI is InChI=1S/C16H14N4O4/c1-23-12-4-2-10(3-5-12)6-13-7-11(9-24-13)14(21)8-15(22)16-17-19-20-18-16/h2-5,7-9,22H,6H2,1H3,(H,17,18,19,20). The van der Waals surface area contributed by atoms with Gasteiger partial charge in [0, 0.05) is 12.5 Å². The van der Waals surface area contributed by atoms with E-state index in [4.69, 9.17) is 9.15 Å². The minimum absolute atomic E-state index is 0.0506. The van der Waals surface area contributed by atoms with Crippen LogP contribution in [0, 0.1) is 0 Å². The highest BCUT2D eigenvalue weighted by Gasteiger charge is 2.12. The summed E-state index contributed by atoms with van der Waals surface area (Å²) in [6.07, 6.45) is 2.91. The van der Waals surface area contributed by atoms with Crippen molar-refractivity contribution in [3.63, 3.8) is 0 Å². The highest BCUT2D eigenvalue weighted by Crippen LogP contribution is 2.17. The lowest BCUT2D eigenvalue weighted by Crippen LogP contribution is -1.96. The number of tetrazole rings is 1. The summed E-state index contributed by atoms with van der Waals surface area (Å²) in [4.78, 5) is 12.1. The number of nitrogens with one attached hydrogen (secondary N) is 1. The third-order valence-corrected chi connectivity index (χ3v) is 3.32. The summed E-state index contributed by atoms with van der Waals surface area (Å²) < 4.78 is 10.5. The fourth-order valence-electron chi connectivity index (χ4n) is 2.09. The van der Waals surface area contributed by atoms with Crippen LogP contribution in [0.25, 0.3) is 5.76 Å². The van der Waals surface area contributed by atoms with E-state index in [0.717, 1.165) is 17.4 Å². The number of benzene rings is 1. The van der Waals surface area contributed by atoms with Crippen molar-refractivity contribution in [1.29, 1.82) is 0 Å². The van der Waals surface area contributed by atoms with Crippen molar-refractivity contribution in [3.8, 4) is 5.75 Å². The molecule has 0 bridgehead atoms. The molecule has 0 amide bonds. The van der Waals surface area contributed by atoms with Gasteiger partial charge in [0.1, 0.15) is 17.8 Å². The molecule has 3 aromatic rings. The van der Waals surface area contributed by atoms with E-state index in [1.807, 2.05) is 24.3 Å². The highest BCUT2D eigenvalue weighted by molar-refractivity contribution is 6.07. The van der Waals surface area contributed by atoms with Gasteiger partial charge in [-0.1, -0.05) is 12.1 Å². The molecular formula is C16H14N4O4. The lowest BCUT2D eigenvalue weighted by Gasteiger charge is -2.01. The summed E-state index contributed by atoms with van der Waals surface area (Å²) in [6, 6.07) is 9.19. The van der Waals surface area contributed by atoms with Crippen LogP contribution in [0.15, 0.2) is 47.1 Å². The third-order valence-electron chi connectivity index (χ3n) is 3.32. The predicted molar refractivity (Wildman–Crippen MR) is 83.6 cm³/mol. The van der Waals surface area contributed by atoms with Crippen molar-refractivity contribution in [2.45, 2.75) is 6.42 Å². The maximum Gasteiger partial charge on any atom is 0.239 e. The normalized spacial score (nSPS) is 11.5. The van der Waals surface area contributed by atoms with Crippen LogP contribution in [0.3, 0.4) is 0 Å². The smallest absolute Gasteiger partial charge is 0.239 e. The molecule has 0 atom stereocenters. The zero-order chi connectivity index (χ0) is 16.9. The van der Waals surface area contributed by atoms with Gasteiger partial charge < -0.3 is 14.3 Å². The minimum atomic E-state index is -0.415. The highest BCUT2D eigenvalue weighted by atomic mass is 16.5. The quantitative estimate of drug-likeness (QED) is 0.405. The number of furan rings is 1. The van der Waals surface area contributed by atoms with Crippen molar-refractivity contribution < 1.29 is 19.1 Å². The number of carbonyl (C=O) groups excluding carboxylic acids is 1. The molecule has 122 valence electrons. The average Bonchev–Trinajstić information content (AvgIpc) is 3.27. The number of hydrogen-bond donors (Lipinski definition) is 2. The van der Waals surface area contributed by atoms with Crippen LogP contribution in [-0.4, -0.2) is 38.6 Å². The Kier molecular flexibility index (Phi) is 4.37. The first kappa shape index (κ1) is 15.5. The first-order valence-corrected chi connectivity index (χ1v) is 7.05. The zero-order valence-electron chi connectivity index (χ0n) is 12.8. The molecule has 8 heteroatoms. The van der Waals surface area contributed by atoms with Crippen molar-refractivity contribution in [2.75, 3.05) is 7.11 Å². The topological polar surface area (TPSA) is 114 Å². The molecule has 3 rings (SSSR count). The van der Waals surface area contributed by atoms with Gasteiger partial charge in [-0.05, 0) is 29.0 Å². The van der Waals surface area contributed by atoms with Crippen LogP contribution >= 0.6 is 0 Å². The van der Waals surface area contributed by atoms with Gasteiger partial charge in [0.15, 0.2) is 11.5 Å². The second-order valence-electron chi connectivity index (χ2n) is 4.96. The summed E-state index contributed by atoms with van der Waals surface area (Å²) in [6.45, 7) is 0. The van der Waals surface area contributed by atoms with Crippen molar-refractivity contribution in [2.24, 2.45) is 0 Å². The van der Waals surface area contributed by atoms with Gasteiger partial charge in [-0.3, -0.25) is 4.79 Å². The number of aromatic amines is 1. The monoisotopic (exact) mass is 326 g/mol. The molecule has 24 heavy (non-hydrogen) atoms. The van der Waals surface area contributed by atoms with E-state index in [9.17, 15) is 9.90 Å². The fraction of sp³-hybridized carbons (Fsp3) is 0.125. The maximum absolute atomic E-state index is 12.1. The average molecular weight is 326 g/mol. The van der Waals surface area contributed by atoms with Gasteiger partial charge in [0.05, 0.1) is 12.7 Å². The molecule has 2 N–H and O–H groups in total. The number of allylic oxidation sites excluding steroid dienone is 1. The second-order valence-corrected chi connectivity index (χ2v) is 4.96. The Balaban J connectivity index is 1.70. The number of carbonyl (C=O) groups is 1. The molecule has 1 aromatic carbocycles. The lowest BCUT2D eigenvalue weighted by molar-refractivity contribution is 0.104. The summed E-state index contributed by atoms with van der Waals surface area (Å²) >= 11 is 0. The zero-order valence-corrected chi connectivity index (χ0v) is 12.8. The largest absolute Gasteiger partial charge is 0.504 e. The van der Waals surface area contributed by atoms with Crippen LogP contribution in [-0.2, 0) is 6.42 Å². The molecule has 0 aliphatic rings. The number of methoxy groups -OCH3 is 1. The van der Waals surface area contributed by atoms with Gasteiger partial charge in [0.25, 0.3) is 0 Å². The van der Waals surface area contributed by atoms with Crippen molar-refractivity contribution in [1.82, 2.24) is 20.6 Å². The van der Waals surface area contributed by atoms with E-state index >= 15 is 0 Å². The van der Waals surface area contributed by atoms with E-state index in [2.05, 4.69) is 20.6 Å². The Bertz CT molecular complexity index is 851. The predicted octanol–water partition coefficient (Wildman–Crippen LogP) is 2.17. The number of aromatic nitrogens is 4. The number of H-pyrrole nitrogens is 1. The van der Waals surface area contributed by atoms with Gasteiger partial charge in [-0.25, -0.2) is 0 Å². The van der Waals surface area contributed by atoms with E-state index in [1.165, 1.54) is 6.26 Å².